The van der Waals surface area contributed by atoms with Crippen molar-refractivity contribution in [1.29, 1.82) is 0 Å². The van der Waals surface area contributed by atoms with Crippen LogP contribution in [0.4, 0.5) is 0 Å². The number of H-pyrrole nitrogens is 1. The molecule has 1 heterocycles. The number of rotatable bonds is 6. The van der Waals surface area contributed by atoms with E-state index in [1.807, 2.05) is 13.8 Å². The summed E-state index contributed by atoms with van der Waals surface area (Å²) in [5, 5.41) is 2.89. The summed E-state index contributed by atoms with van der Waals surface area (Å²) < 4.78 is 0.939. The van der Waals surface area contributed by atoms with Crippen molar-refractivity contribution in [3.63, 3.8) is 0 Å². The van der Waals surface area contributed by atoms with E-state index in [9.17, 15) is 9.59 Å². The molecule has 0 atom stereocenters. The van der Waals surface area contributed by atoms with E-state index in [4.69, 9.17) is 0 Å². The lowest BCUT2D eigenvalue weighted by molar-refractivity contribution is 0.0933. The molecule has 4 nitrogen and oxygen atoms in total. The van der Waals surface area contributed by atoms with Crippen molar-refractivity contribution in [2.45, 2.75) is 52.5 Å². The van der Waals surface area contributed by atoms with Gasteiger partial charge in [0.2, 0.25) is 0 Å². The van der Waals surface area contributed by atoms with E-state index in [1.165, 1.54) is 0 Å². The van der Waals surface area contributed by atoms with Gasteiger partial charge in [0.05, 0.1) is 0 Å². The van der Waals surface area contributed by atoms with Crippen molar-refractivity contribution in [2.24, 2.45) is 0 Å². The topological polar surface area (TPSA) is 62.0 Å². The van der Waals surface area contributed by atoms with E-state index >= 15 is 0 Å². The number of halogens is 1. The van der Waals surface area contributed by atoms with Gasteiger partial charge in [-0.3, -0.25) is 9.59 Å². The number of carbonyl (C=O) groups is 1. The summed E-state index contributed by atoms with van der Waals surface area (Å²) >= 11 is 2.16. The normalized spacial score (nSPS) is 10.8. The number of aromatic nitrogens is 1. The zero-order valence-electron chi connectivity index (χ0n) is 11.7. The Hall–Kier alpha value is -0.850. The smallest absolute Gasteiger partial charge is 0.261 e. The number of hydrogen-bond acceptors (Lipinski definition) is 2. The minimum absolute atomic E-state index is 0.125. The lowest BCUT2D eigenvalue weighted by atomic mass is 10.1. The van der Waals surface area contributed by atoms with Crippen LogP contribution in [0.15, 0.2) is 10.9 Å². The van der Waals surface area contributed by atoms with Crippen LogP contribution in [0, 0.1) is 3.57 Å². The maximum atomic E-state index is 12.1. The molecule has 0 saturated carbocycles. The zero-order valence-corrected chi connectivity index (χ0v) is 13.8. The fraction of sp³-hybridized carbons (Fsp3) is 0.571. The second-order valence-corrected chi connectivity index (χ2v) is 5.74. The molecule has 1 rings (SSSR count). The molecule has 0 fully saturated rings. The number of amides is 1. The first-order valence-electron chi connectivity index (χ1n) is 6.75. The van der Waals surface area contributed by atoms with Gasteiger partial charge >= 0.3 is 0 Å². The predicted molar refractivity (Wildman–Crippen MR) is 85.6 cm³/mol. The van der Waals surface area contributed by atoms with E-state index < -0.39 is 0 Å². The average molecular weight is 376 g/mol. The first-order chi connectivity index (χ1) is 9.03. The molecule has 1 aromatic rings. The highest BCUT2D eigenvalue weighted by atomic mass is 127. The molecular formula is C14H21IN2O2. The Bertz CT molecular complexity index is 493. The van der Waals surface area contributed by atoms with E-state index in [0.717, 1.165) is 34.9 Å². The predicted octanol–water partition coefficient (Wildman–Crippen LogP) is 2.85. The van der Waals surface area contributed by atoms with Crippen molar-refractivity contribution in [1.82, 2.24) is 10.3 Å². The molecule has 0 bridgehead atoms. The molecule has 1 aromatic heterocycles. The molecule has 5 heteroatoms. The van der Waals surface area contributed by atoms with Crippen molar-refractivity contribution >= 4 is 28.5 Å². The molecule has 2 N–H and O–H groups in total. The first-order valence-corrected chi connectivity index (χ1v) is 7.83. The maximum absolute atomic E-state index is 12.1. The van der Waals surface area contributed by atoms with Gasteiger partial charge in [0.1, 0.15) is 5.56 Å². The van der Waals surface area contributed by atoms with Crippen LogP contribution >= 0.6 is 22.6 Å². The summed E-state index contributed by atoms with van der Waals surface area (Å²) in [6, 6.07) is 1.81. The van der Waals surface area contributed by atoms with Gasteiger partial charge in [-0.05, 0) is 47.9 Å². The van der Waals surface area contributed by atoms with Crippen molar-refractivity contribution in [3.8, 4) is 0 Å². The molecule has 0 unspecified atom stereocenters. The molecule has 0 aliphatic carbocycles. The molecule has 0 radical (unpaired) electrons. The van der Waals surface area contributed by atoms with Gasteiger partial charge in [0.25, 0.3) is 11.5 Å². The van der Waals surface area contributed by atoms with Gasteiger partial charge in [0.15, 0.2) is 0 Å². The highest BCUT2D eigenvalue weighted by molar-refractivity contribution is 14.1. The van der Waals surface area contributed by atoms with Crippen molar-refractivity contribution in [2.75, 3.05) is 0 Å². The Kier molecular flexibility index (Phi) is 6.54. The monoisotopic (exact) mass is 376 g/mol. The first kappa shape index (κ1) is 16.2. The van der Waals surface area contributed by atoms with E-state index in [-0.39, 0.29) is 23.1 Å². The third kappa shape index (κ3) is 4.33. The molecule has 0 aliphatic heterocycles. The maximum Gasteiger partial charge on any atom is 0.261 e. The lowest BCUT2D eigenvalue weighted by Crippen LogP contribution is -2.37. The third-order valence-corrected chi connectivity index (χ3v) is 4.10. The molecule has 1 amide bonds. The largest absolute Gasteiger partial charge is 0.349 e. The zero-order chi connectivity index (χ0) is 14.4. The fourth-order valence-electron chi connectivity index (χ4n) is 1.90. The van der Waals surface area contributed by atoms with E-state index in [2.05, 4.69) is 39.8 Å². The van der Waals surface area contributed by atoms with Crippen LogP contribution in [-0.2, 0) is 6.42 Å². The Balaban J connectivity index is 2.98. The van der Waals surface area contributed by atoms with Crippen LogP contribution in [0.3, 0.4) is 0 Å². The van der Waals surface area contributed by atoms with Gasteiger partial charge in [0, 0.05) is 15.3 Å². The van der Waals surface area contributed by atoms with Gasteiger partial charge in [-0.2, -0.15) is 0 Å². The summed E-state index contributed by atoms with van der Waals surface area (Å²) in [6.07, 6.45) is 3.52. The number of aromatic amines is 1. The number of carbonyl (C=O) groups excluding carboxylic acids is 1. The molecule has 0 saturated heterocycles. The molecule has 106 valence electrons. The quantitative estimate of drug-likeness (QED) is 0.750. The molecule has 0 aromatic carbocycles. The van der Waals surface area contributed by atoms with Crippen LogP contribution in [0.5, 0.6) is 0 Å². The number of pyridine rings is 1. The van der Waals surface area contributed by atoms with Gasteiger partial charge in [-0.1, -0.05) is 27.2 Å². The Labute approximate surface area is 127 Å². The summed E-state index contributed by atoms with van der Waals surface area (Å²) in [5.41, 5.74) is 0.815. The second kappa shape index (κ2) is 7.67. The van der Waals surface area contributed by atoms with Crippen molar-refractivity contribution in [3.05, 3.63) is 31.2 Å². The molecule has 19 heavy (non-hydrogen) atoms. The molecular weight excluding hydrogens is 355 g/mol. The van der Waals surface area contributed by atoms with Crippen LogP contribution in [0.1, 0.15) is 56.1 Å². The van der Waals surface area contributed by atoms with Gasteiger partial charge in [-0.25, -0.2) is 0 Å². The average Bonchev–Trinajstić information content (AvgIpc) is 2.39. The third-order valence-electron chi connectivity index (χ3n) is 3.13. The minimum Gasteiger partial charge on any atom is -0.349 e. The SMILES string of the molecule is CCCc1[nH]c(=O)c(C(=O)NC(CC)CC)cc1I. The fourth-order valence-corrected chi connectivity index (χ4v) is 2.62. The molecule has 0 aliphatic rings. The number of aryl methyl sites for hydroxylation is 1. The van der Waals surface area contributed by atoms with Gasteiger partial charge in [-0.15, -0.1) is 0 Å². The van der Waals surface area contributed by atoms with Crippen LogP contribution < -0.4 is 10.9 Å². The minimum atomic E-state index is -0.299. The van der Waals surface area contributed by atoms with E-state index in [0.29, 0.717) is 0 Å². The second-order valence-electron chi connectivity index (χ2n) is 4.58. The summed E-state index contributed by atoms with van der Waals surface area (Å²) in [6.45, 7) is 6.10. The summed E-state index contributed by atoms with van der Waals surface area (Å²) in [4.78, 5) is 26.8. The van der Waals surface area contributed by atoms with Crippen molar-refractivity contribution < 1.29 is 4.79 Å². The van der Waals surface area contributed by atoms with Gasteiger partial charge < -0.3 is 10.3 Å². The van der Waals surface area contributed by atoms with Crippen LogP contribution in [0.25, 0.3) is 0 Å². The van der Waals surface area contributed by atoms with Crippen LogP contribution in [-0.4, -0.2) is 16.9 Å². The highest BCUT2D eigenvalue weighted by Crippen LogP contribution is 2.11. The highest BCUT2D eigenvalue weighted by Gasteiger charge is 2.16. The lowest BCUT2D eigenvalue weighted by Gasteiger charge is -2.14. The van der Waals surface area contributed by atoms with E-state index in [1.54, 1.807) is 6.07 Å². The standard InChI is InChI=1S/C14H21IN2O2/c1-4-7-12-11(15)8-10(14(19)17-12)13(18)16-9(5-2)6-3/h8-9H,4-7H2,1-3H3,(H,16,18)(H,17,19). The summed E-state index contributed by atoms with van der Waals surface area (Å²) in [7, 11) is 0. The Morgan fingerprint density at radius 2 is 2.00 bits per heavy atom. The number of nitrogens with one attached hydrogen (secondary N) is 2. The van der Waals surface area contributed by atoms with Crippen LogP contribution in [0.2, 0.25) is 0 Å². The molecule has 0 spiro atoms. The Morgan fingerprint density at radius 3 is 2.53 bits per heavy atom. The Morgan fingerprint density at radius 1 is 1.37 bits per heavy atom. The summed E-state index contributed by atoms with van der Waals surface area (Å²) in [5.74, 6) is -0.282. The number of hydrogen-bond donors (Lipinski definition) is 2.